The normalized spacial score (nSPS) is 10.6. The lowest BCUT2D eigenvalue weighted by Gasteiger charge is -2.17. The predicted molar refractivity (Wildman–Crippen MR) is 186 cm³/mol. The molecule has 0 saturated carbocycles. The number of nitriles is 1. The van der Waals surface area contributed by atoms with Crippen molar-refractivity contribution in [2.45, 2.75) is 32.1 Å². The molecule has 0 radical (unpaired) electrons. The van der Waals surface area contributed by atoms with E-state index in [0.717, 1.165) is 17.5 Å². The van der Waals surface area contributed by atoms with Gasteiger partial charge in [0.15, 0.2) is 5.82 Å². The van der Waals surface area contributed by atoms with E-state index in [1.807, 2.05) is 36.4 Å². The second kappa shape index (κ2) is 22.5. The van der Waals surface area contributed by atoms with Crippen LogP contribution in [0.2, 0.25) is 0 Å². The molecule has 2 aromatic carbocycles. The highest BCUT2D eigenvalue weighted by Crippen LogP contribution is 2.27. The zero-order chi connectivity index (χ0) is 36.0. The van der Waals surface area contributed by atoms with E-state index in [1.165, 1.54) is 11.9 Å². The smallest absolute Gasteiger partial charge is 0.239 e. The van der Waals surface area contributed by atoms with E-state index in [-0.39, 0.29) is 37.0 Å². The SMILES string of the molecule is COc1ccc(-c2cc(NC(=O)CCC(=O)N(C)CC(=O)NCCCOCCOCCOCCCC#N)nc(-c3ccc(OC)cc3)n2)cc1. The topological polar surface area (TPSA) is 174 Å². The highest BCUT2D eigenvalue weighted by atomic mass is 16.5. The molecule has 0 spiro atoms. The molecular formula is C36H46N6O8. The number of unbranched alkanes of at least 4 members (excludes halogenated alkanes) is 1. The van der Waals surface area contributed by atoms with Crippen LogP contribution in [0.15, 0.2) is 54.6 Å². The fourth-order valence-corrected chi connectivity index (χ4v) is 4.46. The van der Waals surface area contributed by atoms with Gasteiger partial charge >= 0.3 is 0 Å². The van der Waals surface area contributed by atoms with Gasteiger partial charge in [-0.25, -0.2) is 9.97 Å². The molecule has 0 aliphatic rings. The number of carbonyl (C=O) groups is 3. The molecule has 0 aliphatic heterocycles. The maximum Gasteiger partial charge on any atom is 0.239 e. The summed E-state index contributed by atoms with van der Waals surface area (Å²) in [6.07, 6.45) is 1.63. The molecule has 14 heteroatoms. The minimum Gasteiger partial charge on any atom is -0.497 e. The zero-order valence-electron chi connectivity index (χ0n) is 28.9. The number of anilines is 1. The predicted octanol–water partition coefficient (Wildman–Crippen LogP) is 3.86. The number of nitrogens with one attached hydrogen (secondary N) is 2. The van der Waals surface area contributed by atoms with Gasteiger partial charge < -0.3 is 39.2 Å². The van der Waals surface area contributed by atoms with Gasteiger partial charge in [-0.1, -0.05) is 0 Å². The first-order chi connectivity index (χ1) is 24.3. The summed E-state index contributed by atoms with van der Waals surface area (Å²) in [5, 5.41) is 14.0. The second-order valence-electron chi connectivity index (χ2n) is 11.0. The highest BCUT2D eigenvalue weighted by Gasteiger charge is 2.16. The van der Waals surface area contributed by atoms with Crippen molar-refractivity contribution >= 4 is 23.5 Å². The summed E-state index contributed by atoms with van der Waals surface area (Å²) in [7, 11) is 4.70. The number of carbonyl (C=O) groups excluding carboxylic acids is 3. The molecule has 3 rings (SSSR count). The van der Waals surface area contributed by atoms with E-state index in [2.05, 4.69) is 21.7 Å². The van der Waals surface area contributed by atoms with E-state index in [1.54, 1.807) is 32.4 Å². The van der Waals surface area contributed by atoms with Crippen LogP contribution in [0.5, 0.6) is 11.5 Å². The molecule has 0 atom stereocenters. The number of rotatable bonds is 23. The third-order valence-corrected chi connectivity index (χ3v) is 7.21. The molecule has 0 aliphatic carbocycles. The molecule has 50 heavy (non-hydrogen) atoms. The summed E-state index contributed by atoms with van der Waals surface area (Å²) in [6.45, 7) is 3.08. The van der Waals surface area contributed by atoms with Gasteiger partial charge in [-0.15, -0.1) is 0 Å². The monoisotopic (exact) mass is 690 g/mol. The first kappa shape index (κ1) is 39.3. The highest BCUT2D eigenvalue weighted by molar-refractivity contribution is 5.93. The van der Waals surface area contributed by atoms with Crippen LogP contribution in [-0.4, -0.2) is 107 Å². The average Bonchev–Trinajstić information content (AvgIpc) is 3.13. The summed E-state index contributed by atoms with van der Waals surface area (Å²) in [5.41, 5.74) is 2.12. The van der Waals surface area contributed by atoms with Crippen LogP contribution < -0.4 is 20.1 Å². The van der Waals surface area contributed by atoms with Crippen LogP contribution in [0.1, 0.15) is 32.1 Å². The Bertz CT molecular complexity index is 1460. The number of aromatic nitrogens is 2. The maximum atomic E-state index is 12.9. The summed E-state index contributed by atoms with van der Waals surface area (Å²) < 4.78 is 26.8. The molecule has 268 valence electrons. The van der Waals surface area contributed by atoms with Crippen molar-refractivity contribution in [2.24, 2.45) is 0 Å². The lowest BCUT2D eigenvalue weighted by Crippen LogP contribution is -2.39. The summed E-state index contributed by atoms with van der Waals surface area (Å²) >= 11 is 0. The number of hydrogen-bond acceptors (Lipinski definition) is 11. The molecule has 2 N–H and O–H groups in total. The van der Waals surface area contributed by atoms with E-state index < -0.39 is 5.91 Å². The number of likely N-dealkylation sites (N-methyl/N-ethyl adjacent to an activating group) is 1. The van der Waals surface area contributed by atoms with Crippen LogP contribution in [0.25, 0.3) is 22.6 Å². The number of nitrogens with zero attached hydrogens (tertiary/aromatic N) is 4. The Balaban J connectivity index is 1.39. The second-order valence-corrected chi connectivity index (χ2v) is 11.0. The molecular weight excluding hydrogens is 644 g/mol. The average molecular weight is 691 g/mol. The van der Waals surface area contributed by atoms with Crippen molar-refractivity contribution in [3.63, 3.8) is 0 Å². The van der Waals surface area contributed by atoms with Crippen molar-refractivity contribution in [2.75, 3.05) is 79.3 Å². The van der Waals surface area contributed by atoms with Gasteiger partial charge in [0.1, 0.15) is 17.3 Å². The van der Waals surface area contributed by atoms with E-state index in [4.69, 9.17) is 33.9 Å². The number of hydrogen-bond donors (Lipinski definition) is 2. The molecule has 0 saturated heterocycles. The Morgan fingerprint density at radius 3 is 1.94 bits per heavy atom. The van der Waals surface area contributed by atoms with Gasteiger partial charge in [0, 0.05) is 63.3 Å². The van der Waals surface area contributed by atoms with Crippen molar-refractivity contribution < 1.29 is 38.1 Å². The lowest BCUT2D eigenvalue weighted by molar-refractivity contribution is -0.135. The molecule has 0 fully saturated rings. The van der Waals surface area contributed by atoms with Gasteiger partial charge in [-0.05, 0) is 61.4 Å². The Morgan fingerprint density at radius 2 is 1.34 bits per heavy atom. The third kappa shape index (κ3) is 14.6. The Hall–Kier alpha value is -5.10. The standard InChI is InChI=1S/C36H46N6O8/c1-42(26-34(44)38-18-6-20-49-22-24-50-23-21-48-19-5-4-17-37)35(45)16-15-33(43)40-32-25-31(27-7-11-29(46-2)12-8-27)39-36(41-32)28-9-13-30(47-3)14-10-28/h7-14,25H,4-6,15-16,18-24,26H2,1-3H3,(H,38,44)(H,39,40,41,43). The molecule has 3 aromatic rings. The van der Waals surface area contributed by atoms with Crippen molar-refractivity contribution in [1.29, 1.82) is 5.26 Å². The number of benzene rings is 2. The van der Waals surface area contributed by atoms with Crippen LogP contribution in [-0.2, 0) is 28.6 Å². The molecule has 0 unspecified atom stereocenters. The van der Waals surface area contributed by atoms with Crippen LogP contribution >= 0.6 is 0 Å². The van der Waals surface area contributed by atoms with Gasteiger partial charge in [0.05, 0.1) is 59.0 Å². The Kier molecular flexibility index (Phi) is 17.7. The Morgan fingerprint density at radius 1 is 0.760 bits per heavy atom. The largest absolute Gasteiger partial charge is 0.497 e. The van der Waals surface area contributed by atoms with Crippen LogP contribution in [0.4, 0.5) is 5.82 Å². The Labute approximate surface area is 293 Å². The van der Waals surface area contributed by atoms with Gasteiger partial charge in [-0.3, -0.25) is 14.4 Å². The number of amides is 3. The summed E-state index contributed by atoms with van der Waals surface area (Å²) in [5.74, 6) is 1.03. The zero-order valence-corrected chi connectivity index (χ0v) is 28.9. The summed E-state index contributed by atoms with van der Waals surface area (Å²) in [6, 6.07) is 18.4. The van der Waals surface area contributed by atoms with E-state index >= 15 is 0 Å². The van der Waals surface area contributed by atoms with Crippen LogP contribution in [0.3, 0.4) is 0 Å². The minimum absolute atomic E-state index is 0.0827. The first-order valence-electron chi connectivity index (χ1n) is 16.4. The maximum absolute atomic E-state index is 12.9. The fraction of sp³-hybridized carbons (Fsp3) is 0.444. The molecule has 0 bridgehead atoms. The van der Waals surface area contributed by atoms with Crippen molar-refractivity contribution in [3.05, 3.63) is 54.6 Å². The van der Waals surface area contributed by atoms with Crippen LogP contribution in [0, 0.1) is 11.3 Å². The number of ether oxygens (including phenoxy) is 5. The lowest BCUT2D eigenvalue weighted by atomic mass is 10.1. The van der Waals surface area contributed by atoms with Crippen molar-refractivity contribution in [1.82, 2.24) is 20.2 Å². The van der Waals surface area contributed by atoms with Gasteiger partial charge in [0.2, 0.25) is 17.7 Å². The molecule has 1 heterocycles. The van der Waals surface area contributed by atoms with E-state index in [9.17, 15) is 14.4 Å². The third-order valence-electron chi connectivity index (χ3n) is 7.21. The number of methoxy groups -OCH3 is 2. The summed E-state index contributed by atoms with van der Waals surface area (Å²) in [4.78, 5) is 48.5. The fourth-order valence-electron chi connectivity index (χ4n) is 4.46. The molecule has 1 aromatic heterocycles. The van der Waals surface area contributed by atoms with Crippen molar-refractivity contribution in [3.8, 4) is 40.2 Å². The first-order valence-corrected chi connectivity index (χ1v) is 16.4. The van der Waals surface area contributed by atoms with Gasteiger partial charge in [-0.2, -0.15) is 5.26 Å². The minimum atomic E-state index is -0.401. The van der Waals surface area contributed by atoms with E-state index in [0.29, 0.717) is 82.0 Å². The quantitative estimate of drug-likeness (QED) is 0.138. The molecule has 3 amide bonds. The molecule has 14 nitrogen and oxygen atoms in total. The van der Waals surface area contributed by atoms with Gasteiger partial charge in [0.25, 0.3) is 0 Å².